The Labute approximate surface area is 149 Å². The highest BCUT2D eigenvalue weighted by Crippen LogP contribution is 2.15. The largest absolute Gasteiger partial charge is 0.399 e. The summed E-state index contributed by atoms with van der Waals surface area (Å²) < 4.78 is 0. The zero-order chi connectivity index (χ0) is 17.5. The van der Waals surface area contributed by atoms with E-state index in [-0.39, 0.29) is 5.91 Å². The van der Waals surface area contributed by atoms with Crippen LogP contribution in [0.4, 0.5) is 11.4 Å². The van der Waals surface area contributed by atoms with Gasteiger partial charge in [-0.25, -0.2) is 0 Å². The summed E-state index contributed by atoms with van der Waals surface area (Å²) in [6.07, 6.45) is 0.958. The Kier molecular flexibility index (Phi) is 5.90. The summed E-state index contributed by atoms with van der Waals surface area (Å²) in [7, 11) is 0. The predicted molar refractivity (Wildman–Crippen MR) is 103 cm³/mol. The molecule has 5 nitrogen and oxygen atoms in total. The number of nitrogens with zero attached hydrogens (tertiary/aromatic N) is 2. The molecule has 1 fully saturated rings. The maximum absolute atomic E-state index is 12.1. The van der Waals surface area contributed by atoms with Crippen LogP contribution in [-0.2, 0) is 0 Å². The van der Waals surface area contributed by atoms with Crippen LogP contribution in [0.5, 0.6) is 0 Å². The van der Waals surface area contributed by atoms with Gasteiger partial charge in [0.1, 0.15) is 0 Å². The molecule has 5 heteroatoms. The van der Waals surface area contributed by atoms with Gasteiger partial charge >= 0.3 is 0 Å². The van der Waals surface area contributed by atoms with Gasteiger partial charge in [0, 0.05) is 49.7 Å². The summed E-state index contributed by atoms with van der Waals surface area (Å²) in [5.41, 5.74) is 8.25. The number of benzene rings is 2. The van der Waals surface area contributed by atoms with Gasteiger partial charge in [0.15, 0.2) is 0 Å². The monoisotopic (exact) mass is 338 g/mol. The Hall–Kier alpha value is -2.53. The molecule has 0 aromatic heterocycles. The minimum absolute atomic E-state index is 0.0544. The van der Waals surface area contributed by atoms with E-state index >= 15 is 0 Å². The number of hydrogen-bond donors (Lipinski definition) is 2. The fourth-order valence-corrected chi connectivity index (χ4v) is 3.16. The Balaban J connectivity index is 1.34. The van der Waals surface area contributed by atoms with Crippen LogP contribution in [0.1, 0.15) is 16.8 Å². The van der Waals surface area contributed by atoms with Crippen molar-refractivity contribution in [1.29, 1.82) is 0 Å². The molecule has 3 rings (SSSR count). The van der Waals surface area contributed by atoms with Crippen molar-refractivity contribution in [2.24, 2.45) is 0 Å². The average molecular weight is 338 g/mol. The first kappa shape index (κ1) is 17.3. The number of para-hydroxylation sites is 1. The third-order valence-electron chi connectivity index (χ3n) is 4.58. The zero-order valence-electron chi connectivity index (χ0n) is 14.5. The highest BCUT2D eigenvalue weighted by Gasteiger charge is 2.16. The summed E-state index contributed by atoms with van der Waals surface area (Å²) in [6.45, 7) is 5.95. The summed E-state index contributed by atoms with van der Waals surface area (Å²) in [5.74, 6) is -0.0544. The molecule has 132 valence electrons. The molecular formula is C20H26N4O. The number of nitrogens with one attached hydrogen (secondary N) is 1. The van der Waals surface area contributed by atoms with E-state index < -0.39 is 0 Å². The van der Waals surface area contributed by atoms with Crippen molar-refractivity contribution in [3.05, 3.63) is 60.2 Å². The van der Waals surface area contributed by atoms with Crippen molar-refractivity contribution in [2.75, 3.05) is 49.9 Å². The van der Waals surface area contributed by atoms with Crippen LogP contribution in [0.15, 0.2) is 54.6 Å². The Bertz CT molecular complexity index is 681. The van der Waals surface area contributed by atoms with Gasteiger partial charge in [-0.2, -0.15) is 0 Å². The van der Waals surface area contributed by atoms with Crippen LogP contribution in [0.25, 0.3) is 0 Å². The van der Waals surface area contributed by atoms with Gasteiger partial charge in [-0.3, -0.25) is 9.69 Å². The molecule has 1 saturated heterocycles. The molecule has 0 spiro atoms. The summed E-state index contributed by atoms with van der Waals surface area (Å²) in [6, 6.07) is 17.6. The Morgan fingerprint density at radius 3 is 2.48 bits per heavy atom. The standard InChI is InChI=1S/C20H26N4O/c21-18-7-4-6-17(16-18)20(25)22-10-5-11-23-12-14-24(15-13-23)19-8-2-1-3-9-19/h1-4,6-9,16H,5,10-15,21H2,(H,22,25). The van der Waals surface area contributed by atoms with Crippen molar-refractivity contribution in [3.63, 3.8) is 0 Å². The lowest BCUT2D eigenvalue weighted by Gasteiger charge is -2.36. The number of nitrogens with two attached hydrogens (primary N) is 1. The van der Waals surface area contributed by atoms with Crippen molar-refractivity contribution in [1.82, 2.24) is 10.2 Å². The SMILES string of the molecule is Nc1cccc(C(=O)NCCCN2CCN(c3ccccc3)CC2)c1. The van der Waals surface area contributed by atoms with Crippen molar-refractivity contribution >= 4 is 17.3 Å². The number of carbonyl (C=O) groups is 1. The molecule has 1 aliphatic heterocycles. The van der Waals surface area contributed by atoms with Crippen LogP contribution < -0.4 is 16.0 Å². The smallest absolute Gasteiger partial charge is 0.251 e. The van der Waals surface area contributed by atoms with Crippen LogP contribution in [0.3, 0.4) is 0 Å². The molecule has 0 saturated carbocycles. The van der Waals surface area contributed by atoms with Crippen LogP contribution in [-0.4, -0.2) is 50.1 Å². The average Bonchev–Trinajstić information content (AvgIpc) is 2.66. The Morgan fingerprint density at radius 2 is 1.76 bits per heavy atom. The quantitative estimate of drug-likeness (QED) is 0.626. The van der Waals surface area contributed by atoms with Crippen molar-refractivity contribution in [3.8, 4) is 0 Å². The maximum atomic E-state index is 12.1. The lowest BCUT2D eigenvalue weighted by Crippen LogP contribution is -2.47. The van der Waals surface area contributed by atoms with Gasteiger partial charge in [-0.05, 0) is 43.3 Å². The van der Waals surface area contributed by atoms with E-state index in [1.54, 1.807) is 24.3 Å². The van der Waals surface area contributed by atoms with Gasteiger partial charge in [0.25, 0.3) is 5.91 Å². The molecule has 0 bridgehead atoms. The van der Waals surface area contributed by atoms with E-state index in [2.05, 4.69) is 45.4 Å². The van der Waals surface area contributed by atoms with E-state index in [0.717, 1.165) is 39.1 Å². The van der Waals surface area contributed by atoms with Gasteiger partial charge < -0.3 is 16.0 Å². The molecular weight excluding hydrogens is 312 g/mol. The lowest BCUT2D eigenvalue weighted by molar-refractivity contribution is 0.0951. The molecule has 2 aromatic carbocycles. The number of anilines is 2. The fraction of sp³-hybridized carbons (Fsp3) is 0.350. The number of nitrogen functional groups attached to an aromatic ring is 1. The first-order valence-corrected chi connectivity index (χ1v) is 8.88. The van der Waals surface area contributed by atoms with E-state index in [1.165, 1.54) is 5.69 Å². The van der Waals surface area contributed by atoms with Crippen molar-refractivity contribution < 1.29 is 4.79 Å². The Morgan fingerprint density at radius 1 is 1.00 bits per heavy atom. The molecule has 1 heterocycles. The molecule has 0 aliphatic carbocycles. The van der Waals surface area contributed by atoms with E-state index in [0.29, 0.717) is 17.8 Å². The molecule has 0 radical (unpaired) electrons. The number of rotatable bonds is 6. The highest BCUT2D eigenvalue weighted by molar-refractivity contribution is 5.94. The van der Waals surface area contributed by atoms with Gasteiger partial charge in [-0.15, -0.1) is 0 Å². The van der Waals surface area contributed by atoms with Crippen LogP contribution >= 0.6 is 0 Å². The molecule has 0 atom stereocenters. The second-order valence-corrected chi connectivity index (χ2v) is 6.40. The second-order valence-electron chi connectivity index (χ2n) is 6.40. The second kappa shape index (κ2) is 8.53. The van der Waals surface area contributed by atoms with E-state index in [1.807, 2.05) is 0 Å². The number of piperazine rings is 1. The molecule has 2 aromatic rings. The summed E-state index contributed by atoms with van der Waals surface area (Å²) >= 11 is 0. The maximum Gasteiger partial charge on any atom is 0.251 e. The normalized spacial score (nSPS) is 15.1. The topological polar surface area (TPSA) is 61.6 Å². The number of hydrogen-bond acceptors (Lipinski definition) is 4. The number of carbonyl (C=O) groups excluding carboxylic acids is 1. The van der Waals surface area contributed by atoms with Gasteiger partial charge in [0.2, 0.25) is 0 Å². The minimum atomic E-state index is -0.0544. The molecule has 1 aliphatic rings. The zero-order valence-corrected chi connectivity index (χ0v) is 14.5. The van der Waals surface area contributed by atoms with Crippen molar-refractivity contribution in [2.45, 2.75) is 6.42 Å². The van der Waals surface area contributed by atoms with E-state index in [9.17, 15) is 4.79 Å². The molecule has 0 unspecified atom stereocenters. The minimum Gasteiger partial charge on any atom is -0.399 e. The van der Waals surface area contributed by atoms with Gasteiger partial charge in [0.05, 0.1) is 0 Å². The number of amides is 1. The highest BCUT2D eigenvalue weighted by atomic mass is 16.1. The first-order chi connectivity index (χ1) is 12.2. The summed E-state index contributed by atoms with van der Waals surface area (Å²) in [5, 5.41) is 2.97. The fourth-order valence-electron chi connectivity index (χ4n) is 3.16. The van der Waals surface area contributed by atoms with Crippen LogP contribution in [0.2, 0.25) is 0 Å². The van der Waals surface area contributed by atoms with Gasteiger partial charge in [-0.1, -0.05) is 24.3 Å². The first-order valence-electron chi connectivity index (χ1n) is 8.88. The molecule has 25 heavy (non-hydrogen) atoms. The lowest BCUT2D eigenvalue weighted by atomic mass is 10.2. The van der Waals surface area contributed by atoms with E-state index in [4.69, 9.17) is 5.73 Å². The third-order valence-corrected chi connectivity index (χ3v) is 4.58. The predicted octanol–water partition coefficient (Wildman–Crippen LogP) is 2.21. The third kappa shape index (κ3) is 4.97. The molecule has 1 amide bonds. The molecule has 3 N–H and O–H groups in total. The summed E-state index contributed by atoms with van der Waals surface area (Å²) in [4.78, 5) is 17.0. The van der Waals surface area contributed by atoms with Crippen LogP contribution in [0, 0.1) is 0 Å².